The summed E-state index contributed by atoms with van der Waals surface area (Å²) in [7, 11) is 0. The van der Waals surface area contributed by atoms with E-state index in [0.717, 1.165) is 94.6 Å². The van der Waals surface area contributed by atoms with Crippen LogP contribution < -0.4 is 31.3 Å². The van der Waals surface area contributed by atoms with Crippen LogP contribution in [0.4, 0.5) is 31.7 Å². The fourth-order valence-corrected chi connectivity index (χ4v) is 9.58. The van der Waals surface area contributed by atoms with Crippen molar-refractivity contribution in [3.8, 4) is 0 Å². The van der Waals surface area contributed by atoms with Crippen molar-refractivity contribution >= 4 is 46.3 Å². The van der Waals surface area contributed by atoms with E-state index in [1.807, 2.05) is 18.5 Å². The average Bonchev–Trinajstić information content (AvgIpc) is 4.14. The van der Waals surface area contributed by atoms with Gasteiger partial charge in [-0.3, -0.25) is 28.8 Å². The molecule has 0 radical (unpaired) electrons. The molecular weight excluding hydrogens is 843 g/mol. The van der Waals surface area contributed by atoms with Crippen LogP contribution in [-0.2, 0) is 32.0 Å². The molecule has 0 unspecified atom stereocenters. The fraction of sp³-hybridized carbons (Fsp3) is 0.511. The number of amides is 2. The normalized spacial score (nSPS) is 21.9. The van der Waals surface area contributed by atoms with Crippen molar-refractivity contribution in [3.05, 3.63) is 88.6 Å². The first-order chi connectivity index (χ1) is 31.6. The smallest absolute Gasteiger partial charge is 0.326 e. The number of piperidine rings is 1. The lowest BCUT2D eigenvalue weighted by Crippen LogP contribution is -2.41. The number of ether oxygens (including phenoxy) is 2. The highest BCUT2D eigenvalue weighted by Gasteiger charge is 2.40. The van der Waals surface area contributed by atoms with Crippen LogP contribution in [0.25, 0.3) is 5.65 Å². The van der Waals surface area contributed by atoms with Crippen molar-refractivity contribution in [1.29, 1.82) is 0 Å². The average molecular weight is 897 g/mol. The SMILES string of the molecule is CCOC(=O)Cn1cc(NC(=O)[C@H]2CCCN(c3cncc(CCNCC4CCC(n5cc(NC(=O)c6cnn7ccc(N8C[C@H]9C[C@@H]8CO9)nc67)c(C(F)F)n5)CC4)c3)C2)ccc1=O. The molecule has 4 aliphatic rings. The van der Waals surface area contributed by atoms with Gasteiger partial charge in [-0.1, -0.05) is 0 Å². The first kappa shape index (κ1) is 43.9. The Kier molecular flexibility index (Phi) is 13.1. The summed E-state index contributed by atoms with van der Waals surface area (Å²) in [5, 5.41) is 17.7. The molecule has 5 aromatic rings. The van der Waals surface area contributed by atoms with E-state index in [1.54, 1.807) is 17.8 Å². The van der Waals surface area contributed by atoms with Gasteiger partial charge in [0.05, 0.1) is 66.8 Å². The van der Waals surface area contributed by atoms with Gasteiger partial charge < -0.3 is 39.8 Å². The Bertz CT molecular complexity index is 2570. The molecule has 18 nitrogen and oxygen atoms in total. The lowest BCUT2D eigenvalue weighted by molar-refractivity contribution is -0.143. The van der Waals surface area contributed by atoms with Crippen LogP contribution in [0.15, 0.2) is 66.2 Å². The molecule has 2 amide bonds. The number of halogens is 2. The molecule has 0 aromatic carbocycles. The molecule has 0 spiro atoms. The highest BCUT2D eigenvalue weighted by molar-refractivity contribution is 6.08. The van der Waals surface area contributed by atoms with Crippen LogP contribution in [0.2, 0.25) is 0 Å². The lowest BCUT2D eigenvalue weighted by Gasteiger charge is -2.33. The van der Waals surface area contributed by atoms with Gasteiger partial charge in [-0.25, -0.2) is 18.3 Å². The van der Waals surface area contributed by atoms with Crippen molar-refractivity contribution in [2.45, 2.75) is 89.4 Å². The summed E-state index contributed by atoms with van der Waals surface area (Å²) in [4.78, 5) is 64.7. The zero-order chi connectivity index (χ0) is 45.0. The van der Waals surface area contributed by atoms with Crippen LogP contribution in [0, 0.1) is 11.8 Å². The largest absolute Gasteiger partial charge is 0.465 e. The van der Waals surface area contributed by atoms with Gasteiger partial charge in [0, 0.05) is 50.5 Å². The first-order valence-corrected chi connectivity index (χ1v) is 22.6. The van der Waals surface area contributed by atoms with Crippen LogP contribution in [0.3, 0.4) is 0 Å². The van der Waals surface area contributed by atoms with Crippen molar-refractivity contribution in [2.24, 2.45) is 11.8 Å². The van der Waals surface area contributed by atoms with E-state index >= 15 is 0 Å². The summed E-state index contributed by atoms with van der Waals surface area (Å²) < 4.78 is 43.6. The number of carbonyl (C=O) groups excluding carboxylic acids is 3. The van der Waals surface area contributed by atoms with Gasteiger partial charge in [-0.05, 0) is 101 Å². The summed E-state index contributed by atoms with van der Waals surface area (Å²) in [6, 6.07) is 7.01. The van der Waals surface area contributed by atoms with Crippen LogP contribution in [0.1, 0.15) is 86.0 Å². The molecule has 65 heavy (non-hydrogen) atoms. The third kappa shape index (κ3) is 10.0. The van der Waals surface area contributed by atoms with Crippen molar-refractivity contribution in [2.75, 3.05) is 66.4 Å². The first-order valence-electron chi connectivity index (χ1n) is 22.6. The van der Waals surface area contributed by atoms with E-state index in [1.165, 1.54) is 39.8 Å². The number of anilines is 4. The van der Waals surface area contributed by atoms with Crippen LogP contribution >= 0.6 is 0 Å². The topological polar surface area (TPSA) is 195 Å². The number of hydrogen-bond acceptors (Lipinski definition) is 13. The highest BCUT2D eigenvalue weighted by Crippen LogP contribution is 2.36. The molecule has 3 N–H and O–H groups in total. The fourth-order valence-electron chi connectivity index (χ4n) is 9.58. The Labute approximate surface area is 373 Å². The molecule has 2 bridgehead atoms. The van der Waals surface area contributed by atoms with Crippen molar-refractivity contribution in [3.63, 3.8) is 0 Å². The van der Waals surface area contributed by atoms with E-state index in [0.29, 0.717) is 30.4 Å². The highest BCUT2D eigenvalue weighted by atomic mass is 19.3. The lowest BCUT2D eigenvalue weighted by atomic mass is 9.86. The number of aromatic nitrogens is 7. The van der Waals surface area contributed by atoms with Gasteiger partial charge in [0.15, 0.2) is 11.3 Å². The quantitative estimate of drug-likeness (QED) is 0.0918. The third-order valence-electron chi connectivity index (χ3n) is 13.0. The Morgan fingerprint density at radius 2 is 1.86 bits per heavy atom. The maximum atomic E-state index is 14.3. The number of pyridine rings is 2. The Balaban J connectivity index is 0.732. The summed E-state index contributed by atoms with van der Waals surface area (Å²) in [5.41, 5.74) is 2.16. The molecule has 8 heterocycles. The number of nitrogens with zero attached hydrogens (tertiary/aromatic N) is 9. The molecule has 9 rings (SSSR count). The number of alkyl halides is 2. The predicted molar refractivity (Wildman–Crippen MR) is 236 cm³/mol. The number of esters is 1. The summed E-state index contributed by atoms with van der Waals surface area (Å²) in [6.45, 7) is 5.95. The molecule has 3 atom stereocenters. The minimum absolute atomic E-state index is 0.0195. The number of rotatable bonds is 16. The second-order valence-electron chi connectivity index (χ2n) is 17.4. The van der Waals surface area contributed by atoms with E-state index in [4.69, 9.17) is 14.5 Å². The Hall–Kier alpha value is -6.28. The number of nitrogens with one attached hydrogen (secondary N) is 3. The molecule has 3 aliphatic heterocycles. The van der Waals surface area contributed by atoms with Gasteiger partial charge in [0.1, 0.15) is 17.9 Å². The third-order valence-corrected chi connectivity index (χ3v) is 13.0. The number of carbonyl (C=O) groups is 3. The van der Waals surface area contributed by atoms with Gasteiger partial charge in [-0.15, -0.1) is 0 Å². The molecule has 4 fully saturated rings. The summed E-state index contributed by atoms with van der Waals surface area (Å²) in [6.07, 6.45) is 13.8. The van der Waals surface area contributed by atoms with Gasteiger partial charge >= 0.3 is 5.97 Å². The zero-order valence-corrected chi connectivity index (χ0v) is 36.3. The maximum Gasteiger partial charge on any atom is 0.326 e. The number of fused-ring (bicyclic) bond motifs is 3. The van der Waals surface area contributed by atoms with E-state index < -0.39 is 24.0 Å². The van der Waals surface area contributed by atoms with E-state index in [9.17, 15) is 28.0 Å². The second kappa shape index (κ2) is 19.4. The summed E-state index contributed by atoms with van der Waals surface area (Å²) in [5.74, 6) is -0.378. The molecule has 20 heteroatoms. The summed E-state index contributed by atoms with van der Waals surface area (Å²) >= 11 is 0. The molecule has 5 aromatic heterocycles. The molecule has 344 valence electrons. The standard InChI is InChI=1S/C45H54F2N12O6/c1-2-64-40(61)26-56-23-31(7-10-39(56)60)51-44(62)30-4-3-14-55(22-30)33-16-29(19-49-20-33)11-13-48-18-28-5-8-32(9-6-28)59-25-37(41(54-59)42(46)47)52-45(63)36-21-50-58-15-12-38(53-43(36)58)57-24-35-17-34(57)27-65-35/h7,10,12,15-16,19-21,23,25,28,30,32,34-35,42,48H,2-6,8-9,11,13-14,17-18,22,24,26-27H2,1H3,(H,51,62)(H,52,63)/t28?,30-,32?,34+,35+/m0/s1. The molecule has 1 aliphatic carbocycles. The van der Waals surface area contributed by atoms with Crippen LogP contribution in [0.5, 0.6) is 0 Å². The monoisotopic (exact) mass is 896 g/mol. The minimum Gasteiger partial charge on any atom is -0.465 e. The predicted octanol–water partition coefficient (Wildman–Crippen LogP) is 4.63. The van der Waals surface area contributed by atoms with Gasteiger partial charge in [0.25, 0.3) is 17.9 Å². The molecule has 3 saturated heterocycles. The minimum atomic E-state index is -2.87. The number of morpholine rings is 1. The maximum absolute atomic E-state index is 14.3. The Morgan fingerprint density at radius 3 is 2.65 bits per heavy atom. The second-order valence-corrected chi connectivity index (χ2v) is 17.4. The van der Waals surface area contributed by atoms with Crippen molar-refractivity contribution in [1.82, 2.24) is 39.2 Å². The molecular formula is C45H54F2N12O6. The van der Waals surface area contributed by atoms with E-state index in [-0.39, 0.29) is 60.0 Å². The number of hydrogen-bond donors (Lipinski definition) is 3. The van der Waals surface area contributed by atoms with Gasteiger partial charge in [0.2, 0.25) is 5.91 Å². The Morgan fingerprint density at radius 1 is 1.00 bits per heavy atom. The molecule has 1 saturated carbocycles. The zero-order valence-electron chi connectivity index (χ0n) is 36.3. The van der Waals surface area contributed by atoms with Crippen molar-refractivity contribution < 1.29 is 32.6 Å². The van der Waals surface area contributed by atoms with Crippen LogP contribution in [-0.4, -0.2) is 110 Å². The van der Waals surface area contributed by atoms with E-state index in [2.05, 4.69) is 47.0 Å². The van der Waals surface area contributed by atoms with Gasteiger partial charge in [-0.2, -0.15) is 10.2 Å².